The average molecular weight is 466 g/mol. The lowest BCUT2D eigenvalue weighted by molar-refractivity contribution is -0.117. The van der Waals surface area contributed by atoms with Gasteiger partial charge in [0.1, 0.15) is 12.4 Å². The van der Waals surface area contributed by atoms with E-state index in [4.69, 9.17) is 16.3 Å². The fraction of sp³-hybridized carbons (Fsp3) is 0.105. The van der Waals surface area contributed by atoms with Crippen molar-refractivity contribution in [3.63, 3.8) is 0 Å². The van der Waals surface area contributed by atoms with Crippen molar-refractivity contribution in [2.45, 2.75) is 13.5 Å². The molecule has 0 saturated heterocycles. The number of hydrogen-bond acceptors (Lipinski definition) is 4. The normalized spacial score (nSPS) is 15.0. The molecule has 0 aliphatic carbocycles. The molecule has 2 aromatic rings. The van der Waals surface area contributed by atoms with E-state index in [1.165, 1.54) is 6.92 Å². The Bertz CT molecular complexity index is 975. The minimum atomic E-state index is -0.374. The molecule has 3 rings (SSSR count). The van der Waals surface area contributed by atoms with Crippen LogP contribution in [0.3, 0.4) is 0 Å². The number of nitrogens with one attached hydrogen (secondary N) is 1. The number of thioether (sulfide) groups is 1. The van der Waals surface area contributed by atoms with Gasteiger partial charge in [0.2, 0.25) is 5.91 Å². The third kappa shape index (κ3) is 5.45. The van der Waals surface area contributed by atoms with Crippen molar-refractivity contribution in [3.8, 4) is 5.75 Å². The first kappa shape index (κ1) is 19.7. The number of ether oxygens (including phenoxy) is 1. The van der Waals surface area contributed by atoms with E-state index in [1.807, 2.05) is 42.5 Å². The number of amidine groups is 1. The molecule has 0 radical (unpaired) electrons. The van der Waals surface area contributed by atoms with Crippen LogP contribution in [-0.4, -0.2) is 17.0 Å². The van der Waals surface area contributed by atoms with Crippen LogP contribution >= 0.6 is 39.3 Å². The molecule has 1 aliphatic rings. The van der Waals surface area contributed by atoms with Crippen LogP contribution in [0.2, 0.25) is 5.02 Å². The quantitative estimate of drug-likeness (QED) is 0.659. The predicted octanol–water partition coefficient (Wildman–Crippen LogP) is 4.79. The number of carbonyl (C=O) groups is 2. The van der Waals surface area contributed by atoms with Gasteiger partial charge < -0.3 is 10.1 Å². The van der Waals surface area contributed by atoms with E-state index in [0.29, 0.717) is 27.5 Å². The number of hydrogen-bond donors (Lipinski definition) is 1. The lowest BCUT2D eigenvalue weighted by atomic mass is 10.2. The van der Waals surface area contributed by atoms with E-state index in [1.54, 1.807) is 6.08 Å². The van der Waals surface area contributed by atoms with Crippen molar-refractivity contribution >= 4 is 62.4 Å². The fourth-order valence-electron chi connectivity index (χ4n) is 2.28. The molecule has 0 spiro atoms. The highest BCUT2D eigenvalue weighted by atomic mass is 79.9. The molecule has 0 fully saturated rings. The van der Waals surface area contributed by atoms with Crippen molar-refractivity contribution < 1.29 is 14.3 Å². The largest absolute Gasteiger partial charge is 0.488 e. The van der Waals surface area contributed by atoms with Crippen molar-refractivity contribution in [2.24, 2.45) is 4.99 Å². The molecule has 1 heterocycles. The lowest BCUT2D eigenvalue weighted by Gasteiger charge is -2.09. The third-order valence-electron chi connectivity index (χ3n) is 3.44. The molecule has 0 bridgehead atoms. The summed E-state index contributed by atoms with van der Waals surface area (Å²) in [6, 6.07) is 13.0. The van der Waals surface area contributed by atoms with E-state index in [9.17, 15) is 9.59 Å². The zero-order valence-electron chi connectivity index (χ0n) is 14.2. The Morgan fingerprint density at radius 2 is 2.15 bits per heavy atom. The van der Waals surface area contributed by atoms with Crippen LogP contribution in [0.1, 0.15) is 18.1 Å². The maximum atomic E-state index is 11.9. The maximum Gasteiger partial charge on any atom is 0.286 e. The first-order chi connectivity index (χ1) is 12.9. The second kappa shape index (κ2) is 8.73. The highest BCUT2D eigenvalue weighted by molar-refractivity contribution is 9.10. The van der Waals surface area contributed by atoms with Gasteiger partial charge in [-0.15, -0.1) is 0 Å². The summed E-state index contributed by atoms with van der Waals surface area (Å²) >= 11 is 10.6. The number of amides is 2. The molecule has 0 unspecified atom stereocenters. The van der Waals surface area contributed by atoms with Gasteiger partial charge in [0.05, 0.1) is 9.38 Å². The average Bonchev–Trinajstić information content (AvgIpc) is 2.92. The Labute approximate surface area is 174 Å². The fourth-order valence-corrected chi connectivity index (χ4v) is 3.86. The summed E-state index contributed by atoms with van der Waals surface area (Å²) in [5.74, 6) is 0.0399. The summed E-state index contributed by atoms with van der Waals surface area (Å²) in [5, 5.41) is 3.47. The molecule has 27 heavy (non-hydrogen) atoms. The molecule has 2 aromatic carbocycles. The SMILES string of the molecule is CC(=O)NC1=NC(=O)/C(=C/c2ccc(OCc3cccc(Cl)c3)c(Br)c2)S1. The molecular weight excluding hydrogens is 452 g/mol. The van der Waals surface area contributed by atoms with Crippen LogP contribution in [0.25, 0.3) is 6.08 Å². The van der Waals surface area contributed by atoms with E-state index < -0.39 is 0 Å². The van der Waals surface area contributed by atoms with E-state index in [-0.39, 0.29) is 11.8 Å². The van der Waals surface area contributed by atoms with Crippen LogP contribution in [0.5, 0.6) is 5.75 Å². The lowest BCUT2D eigenvalue weighted by Crippen LogP contribution is -2.23. The first-order valence-electron chi connectivity index (χ1n) is 7.87. The van der Waals surface area contributed by atoms with Crippen LogP contribution < -0.4 is 10.1 Å². The van der Waals surface area contributed by atoms with E-state index in [0.717, 1.165) is 27.4 Å². The zero-order valence-corrected chi connectivity index (χ0v) is 17.3. The number of carbonyl (C=O) groups excluding carboxylic acids is 2. The highest BCUT2D eigenvalue weighted by Crippen LogP contribution is 2.31. The number of nitrogens with zero attached hydrogens (tertiary/aromatic N) is 1. The van der Waals surface area contributed by atoms with Crippen molar-refractivity contribution in [1.82, 2.24) is 5.32 Å². The van der Waals surface area contributed by atoms with Gasteiger partial charge >= 0.3 is 0 Å². The molecule has 1 N–H and O–H groups in total. The standard InChI is InChI=1S/C19H14BrClN2O3S/c1-11(24)22-19-23-18(25)17(27-19)9-12-5-6-16(15(20)8-12)26-10-13-3-2-4-14(21)7-13/h2-9H,10H2,1H3,(H,22,23,24,25)/b17-9-. The molecule has 1 aliphatic heterocycles. The Balaban J connectivity index is 1.68. The summed E-state index contributed by atoms with van der Waals surface area (Å²) in [5.41, 5.74) is 1.78. The molecule has 5 nitrogen and oxygen atoms in total. The Morgan fingerprint density at radius 3 is 2.85 bits per heavy atom. The molecule has 0 saturated carbocycles. The maximum absolute atomic E-state index is 11.9. The van der Waals surface area contributed by atoms with Gasteiger partial charge in [-0.3, -0.25) is 9.59 Å². The van der Waals surface area contributed by atoms with Crippen LogP contribution in [0, 0.1) is 0 Å². The Hall–Kier alpha value is -2.09. The number of benzene rings is 2. The molecule has 0 aromatic heterocycles. The highest BCUT2D eigenvalue weighted by Gasteiger charge is 2.22. The van der Waals surface area contributed by atoms with Gasteiger partial charge in [0, 0.05) is 11.9 Å². The van der Waals surface area contributed by atoms with Gasteiger partial charge in [0.25, 0.3) is 5.91 Å². The first-order valence-corrected chi connectivity index (χ1v) is 9.86. The van der Waals surface area contributed by atoms with Crippen LogP contribution in [0.15, 0.2) is 56.8 Å². The summed E-state index contributed by atoms with van der Waals surface area (Å²) < 4.78 is 6.58. The van der Waals surface area contributed by atoms with E-state index in [2.05, 4.69) is 26.2 Å². The molecule has 2 amide bonds. The van der Waals surface area contributed by atoms with Gasteiger partial charge in [-0.05, 0) is 69.2 Å². The predicted molar refractivity (Wildman–Crippen MR) is 112 cm³/mol. The minimum absolute atomic E-state index is 0.265. The zero-order chi connectivity index (χ0) is 19.4. The summed E-state index contributed by atoms with van der Waals surface area (Å²) in [6.45, 7) is 1.76. The number of rotatable bonds is 4. The van der Waals surface area contributed by atoms with E-state index >= 15 is 0 Å². The van der Waals surface area contributed by atoms with Crippen molar-refractivity contribution in [2.75, 3.05) is 0 Å². The van der Waals surface area contributed by atoms with Gasteiger partial charge in [0.15, 0.2) is 5.17 Å². The molecule has 8 heteroatoms. The van der Waals surface area contributed by atoms with Crippen LogP contribution in [-0.2, 0) is 16.2 Å². The van der Waals surface area contributed by atoms with Gasteiger partial charge in [-0.2, -0.15) is 4.99 Å². The topological polar surface area (TPSA) is 67.8 Å². The minimum Gasteiger partial charge on any atom is -0.488 e. The van der Waals surface area contributed by atoms with Crippen molar-refractivity contribution in [1.29, 1.82) is 0 Å². The van der Waals surface area contributed by atoms with Gasteiger partial charge in [-0.25, -0.2) is 0 Å². The monoisotopic (exact) mass is 464 g/mol. The molecule has 138 valence electrons. The molecule has 0 atom stereocenters. The number of aliphatic imine (C=N–C) groups is 1. The summed E-state index contributed by atoms with van der Waals surface area (Å²) in [6.07, 6.45) is 1.72. The smallest absolute Gasteiger partial charge is 0.286 e. The summed E-state index contributed by atoms with van der Waals surface area (Å²) in [7, 11) is 0. The Morgan fingerprint density at radius 1 is 1.33 bits per heavy atom. The Kier molecular flexibility index (Phi) is 6.36. The van der Waals surface area contributed by atoms with Crippen molar-refractivity contribution in [3.05, 3.63) is 68.0 Å². The summed E-state index contributed by atoms with van der Waals surface area (Å²) in [4.78, 5) is 27.3. The second-order valence-corrected chi connectivity index (χ2v) is 7.94. The second-order valence-electron chi connectivity index (χ2n) is 5.62. The van der Waals surface area contributed by atoms with Gasteiger partial charge in [-0.1, -0.05) is 29.8 Å². The number of halogens is 2. The molecular formula is C19H14BrClN2O3S. The van der Waals surface area contributed by atoms with Crippen LogP contribution in [0.4, 0.5) is 0 Å². The third-order valence-corrected chi connectivity index (χ3v) is 5.19.